The second-order valence-electron chi connectivity index (χ2n) is 5.18. The van der Waals surface area contributed by atoms with Gasteiger partial charge >= 0.3 is 5.97 Å². The number of rotatable bonds is 7. The Morgan fingerprint density at radius 1 is 1.48 bits per heavy atom. The van der Waals surface area contributed by atoms with Gasteiger partial charge in [0.25, 0.3) is 0 Å². The first kappa shape index (κ1) is 15.5. The van der Waals surface area contributed by atoms with Gasteiger partial charge in [-0.2, -0.15) is 0 Å². The zero-order chi connectivity index (χ0) is 15.4. The summed E-state index contributed by atoms with van der Waals surface area (Å²) in [6.45, 7) is 4.33. The molecule has 0 saturated carbocycles. The first-order valence-electron chi connectivity index (χ1n) is 6.89. The molecule has 0 spiro atoms. The molecule has 0 aliphatic carbocycles. The molecule has 0 unspecified atom stereocenters. The second-order valence-corrected chi connectivity index (χ2v) is 6.05. The minimum Gasteiger partial charge on any atom is -0.481 e. The molecule has 0 radical (unpaired) electrons. The number of carbonyl (C=O) groups is 2. The van der Waals surface area contributed by atoms with E-state index in [0.717, 1.165) is 10.7 Å². The number of fused-ring (bicyclic) bond motifs is 1. The Kier molecular flexibility index (Phi) is 4.95. The number of nitrogens with zero attached hydrogens (tertiary/aromatic N) is 3. The number of hydrogen-bond acceptors (Lipinski definition) is 4. The van der Waals surface area contributed by atoms with Crippen LogP contribution >= 0.6 is 11.3 Å². The van der Waals surface area contributed by atoms with Crippen molar-refractivity contribution in [1.29, 1.82) is 0 Å². The summed E-state index contributed by atoms with van der Waals surface area (Å²) in [5.41, 5.74) is 0.746. The fraction of sp³-hybridized carbons (Fsp3) is 0.500. The molecule has 1 amide bonds. The number of carbonyl (C=O) groups excluding carboxylic acids is 1. The van der Waals surface area contributed by atoms with E-state index in [-0.39, 0.29) is 24.8 Å². The van der Waals surface area contributed by atoms with Crippen molar-refractivity contribution in [2.24, 2.45) is 0 Å². The predicted molar refractivity (Wildman–Crippen MR) is 80.5 cm³/mol. The Balaban J connectivity index is 1.97. The van der Waals surface area contributed by atoms with Crippen LogP contribution in [0.1, 0.15) is 32.4 Å². The van der Waals surface area contributed by atoms with Crippen molar-refractivity contribution >= 4 is 28.2 Å². The summed E-state index contributed by atoms with van der Waals surface area (Å²) >= 11 is 1.53. The molecule has 0 aliphatic heterocycles. The molecule has 0 aromatic carbocycles. The molecule has 6 nitrogen and oxygen atoms in total. The number of aliphatic carboxylic acids is 1. The van der Waals surface area contributed by atoms with Crippen LogP contribution in [-0.2, 0) is 16.0 Å². The Hall–Kier alpha value is -1.89. The molecular formula is C14H19N3O3S. The lowest BCUT2D eigenvalue weighted by Crippen LogP contribution is -2.39. The number of carboxylic acids is 1. The number of thiazole rings is 1. The van der Waals surface area contributed by atoms with Crippen molar-refractivity contribution in [3.8, 4) is 0 Å². The van der Waals surface area contributed by atoms with Gasteiger partial charge in [-0.25, -0.2) is 4.98 Å². The average molecular weight is 309 g/mol. The van der Waals surface area contributed by atoms with E-state index >= 15 is 0 Å². The van der Waals surface area contributed by atoms with E-state index in [2.05, 4.69) is 4.98 Å². The molecule has 0 saturated heterocycles. The van der Waals surface area contributed by atoms with Gasteiger partial charge in [-0.1, -0.05) is 0 Å². The van der Waals surface area contributed by atoms with Gasteiger partial charge in [0, 0.05) is 36.8 Å². The topological polar surface area (TPSA) is 74.9 Å². The predicted octanol–water partition coefficient (Wildman–Crippen LogP) is 2.04. The van der Waals surface area contributed by atoms with Gasteiger partial charge in [0.2, 0.25) is 5.91 Å². The van der Waals surface area contributed by atoms with Crippen molar-refractivity contribution < 1.29 is 14.7 Å². The molecule has 0 aliphatic rings. The Bertz CT molecular complexity index is 604. The van der Waals surface area contributed by atoms with Crippen LogP contribution in [0.2, 0.25) is 0 Å². The molecule has 0 bridgehead atoms. The molecule has 0 fully saturated rings. The zero-order valence-corrected chi connectivity index (χ0v) is 13.0. The van der Waals surface area contributed by atoms with E-state index in [1.54, 1.807) is 4.90 Å². The second kappa shape index (κ2) is 6.71. The van der Waals surface area contributed by atoms with Crippen LogP contribution < -0.4 is 0 Å². The summed E-state index contributed by atoms with van der Waals surface area (Å²) in [7, 11) is 0. The third kappa shape index (κ3) is 4.04. The molecule has 2 aromatic heterocycles. The van der Waals surface area contributed by atoms with E-state index in [1.165, 1.54) is 11.3 Å². The molecular weight excluding hydrogens is 290 g/mol. The van der Waals surface area contributed by atoms with Crippen LogP contribution in [0.3, 0.4) is 0 Å². The normalized spacial score (nSPS) is 11.2. The highest BCUT2D eigenvalue weighted by Gasteiger charge is 2.18. The number of hydrogen-bond donors (Lipinski definition) is 1. The van der Waals surface area contributed by atoms with Gasteiger partial charge in [0.1, 0.15) is 0 Å². The Labute approximate surface area is 127 Å². The SMILES string of the molecule is CC(C)N(CCCC(=O)O)C(=O)Cc1cn2ccsc2n1. The maximum Gasteiger partial charge on any atom is 0.303 e. The molecule has 2 heterocycles. The van der Waals surface area contributed by atoms with Crippen molar-refractivity contribution in [1.82, 2.24) is 14.3 Å². The van der Waals surface area contributed by atoms with E-state index < -0.39 is 5.97 Å². The lowest BCUT2D eigenvalue weighted by molar-refractivity contribution is -0.138. The maximum atomic E-state index is 12.4. The third-order valence-electron chi connectivity index (χ3n) is 3.21. The van der Waals surface area contributed by atoms with Crippen molar-refractivity contribution in [2.45, 2.75) is 39.2 Å². The summed E-state index contributed by atoms with van der Waals surface area (Å²) < 4.78 is 1.90. The highest BCUT2D eigenvalue weighted by molar-refractivity contribution is 7.15. The quantitative estimate of drug-likeness (QED) is 0.849. The molecule has 2 rings (SSSR count). The average Bonchev–Trinajstić information content (AvgIpc) is 2.94. The van der Waals surface area contributed by atoms with Gasteiger partial charge in [0.05, 0.1) is 12.1 Å². The fourth-order valence-electron chi connectivity index (χ4n) is 2.19. The molecule has 7 heteroatoms. The first-order chi connectivity index (χ1) is 9.97. The lowest BCUT2D eigenvalue weighted by atomic mass is 10.2. The van der Waals surface area contributed by atoms with E-state index in [1.807, 2.05) is 36.0 Å². The summed E-state index contributed by atoms with van der Waals surface area (Å²) in [5, 5.41) is 10.6. The van der Waals surface area contributed by atoms with E-state index in [4.69, 9.17) is 5.11 Å². The molecule has 2 aromatic rings. The summed E-state index contributed by atoms with van der Waals surface area (Å²) in [4.78, 5) is 29.9. The van der Waals surface area contributed by atoms with Crippen molar-refractivity contribution in [2.75, 3.05) is 6.54 Å². The number of carboxylic acid groups (broad SMARTS) is 1. The fourth-order valence-corrected chi connectivity index (χ4v) is 2.91. The molecule has 21 heavy (non-hydrogen) atoms. The lowest BCUT2D eigenvalue weighted by Gasteiger charge is -2.26. The standard InChI is InChI=1S/C14H19N3O3S/c1-10(2)17(5-3-4-13(19)20)12(18)8-11-9-16-6-7-21-14(16)15-11/h6-7,9-10H,3-5,8H2,1-2H3,(H,19,20). The monoisotopic (exact) mass is 309 g/mol. The van der Waals surface area contributed by atoms with Gasteiger partial charge in [-0.15, -0.1) is 11.3 Å². The molecule has 1 N–H and O–H groups in total. The summed E-state index contributed by atoms with van der Waals surface area (Å²) in [6, 6.07) is 0.0510. The van der Waals surface area contributed by atoms with Crippen LogP contribution in [0, 0.1) is 0 Å². The highest BCUT2D eigenvalue weighted by atomic mass is 32.1. The van der Waals surface area contributed by atoms with Gasteiger partial charge in [0.15, 0.2) is 4.96 Å². The Morgan fingerprint density at radius 3 is 2.86 bits per heavy atom. The van der Waals surface area contributed by atoms with Crippen LogP contribution in [-0.4, -0.2) is 43.9 Å². The smallest absolute Gasteiger partial charge is 0.303 e. The zero-order valence-electron chi connectivity index (χ0n) is 12.2. The maximum absolute atomic E-state index is 12.4. The third-order valence-corrected chi connectivity index (χ3v) is 3.98. The van der Waals surface area contributed by atoms with Crippen molar-refractivity contribution in [3.05, 3.63) is 23.5 Å². The summed E-state index contributed by atoms with van der Waals surface area (Å²) in [6.07, 6.45) is 4.57. The van der Waals surface area contributed by atoms with Crippen LogP contribution in [0.15, 0.2) is 17.8 Å². The first-order valence-corrected chi connectivity index (χ1v) is 7.77. The number of imidazole rings is 1. The number of aromatic nitrogens is 2. The van der Waals surface area contributed by atoms with Gasteiger partial charge < -0.3 is 10.0 Å². The Morgan fingerprint density at radius 2 is 2.24 bits per heavy atom. The minimum atomic E-state index is -0.833. The molecule has 0 atom stereocenters. The van der Waals surface area contributed by atoms with Crippen LogP contribution in [0.25, 0.3) is 4.96 Å². The van der Waals surface area contributed by atoms with Crippen LogP contribution in [0.4, 0.5) is 0 Å². The highest BCUT2D eigenvalue weighted by Crippen LogP contribution is 2.13. The minimum absolute atomic E-state index is 0.0128. The van der Waals surface area contributed by atoms with E-state index in [9.17, 15) is 9.59 Å². The van der Waals surface area contributed by atoms with E-state index in [0.29, 0.717) is 13.0 Å². The van der Waals surface area contributed by atoms with Crippen molar-refractivity contribution in [3.63, 3.8) is 0 Å². The largest absolute Gasteiger partial charge is 0.481 e. The van der Waals surface area contributed by atoms with Crippen LogP contribution in [0.5, 0.6) is 0 Å². The van der Waals surface area contributed by atoms with Gasteiger partial charge in [-0.3, -0.25) is 14.0 Å². The molecule has 114 valence electrons. The van der Waals surface area contributed by atoms with Gasteiger partial charge in [-0.05, 0) is 20.3 Å². The number of amides is 1. The summed E-state index contributed by atoms with van der Waals surface area (Å²) in [5.74, 6) is -0.846.